The predicted molar refractivity (Wildman–Crippen MR) is 208 cm³/mol. The standard InChI is InChI=1S/C21H27N4O7PS.C8H17N.C5H12.C2H6.CH4/c1-14(2)10-16-21(28)24-12-17(26)22-11-19(24)25(32-16)20(27)8-7-18-23-15(13-34-18)6-4-3-5-9-31-33(29)30;1-8(2)9-6-4-3-5-7-9;1-5(2,3)4;1-2;/h7-8,13-14,16,19,29-30H,3,5,9-12H2,1-2H3,(H,22,26);8H,3-7H2,1-2H3;1-4H3;1-2H3;1H4/b8-7+;;;;. The summed E-state index contributed by atoms with van der Waals surface area (Å²) in [4.78, 5) is 69.0. The Morgan fingerprint density at radius 1 is 1.16 bits per heavy atom. The monoisotopic (exact) mass is 755 g/mol. The smallest absolute Gasteiger partial charge is 0.327 e. The van der Waals surface area contributed by atoms with Gasteiger partial charge in [0.25, 0.3) is 11.8 Å². The molecule has 0 aromatic carbocycles. The third-order valence-electron chi connectivity index (χ3n) is 7.01. The Hall–Kier alpha value is -2.43. The predicted octanol–water partition coefficient (Wildman–Crippen LogP) is 6.58. The zero-order chi connectivity index (χ0) is 37.9. The van der Waals surface area contributed by atoms with Crippen LogP contribution < -0.4 is 5.32 Å². The van der Waals surface area contributed by atoms with Crippen LogP contribution in [0, 0.1) is 23.2 Å². The fourth-order valence-electron chi connectivity index (χ4n) is 4.81. The van der Waals surface area contributed by atoms with Crippen LogP contribution in [0.25, 0.3) is 6.08 Å². The second kappa shape index (κ2) is 25.5. The average molecular weight is 756 g/mol. The quantitative estimate of drug-likeness (QED) is 0.110. The SMILES string of the molecule is C.CC.CC(C)(C)C.CC(C)CC1ON(C(=O)/C=C/c2nc(C#CCCCOP(O)O)cs2)C2CNC(=O)CN2C1=O.CC(C)N1CCCCC1. The van der Waals surface area contributed by atoms with Crippen molar-refractivity contribution in [2.24, 2.45) is 11.3 Å². The number of rotatable bonds is 9. The van der Waals surface area contributed by atoms with Gasteiger partial charge in [0, 0.05) is 23.9 Å². The van der Waals surface area contributed by atoms with Gasteiger partial charge in [-0.1, -0.05) is 75.2 Å². The van der Waals surface area contributed by atoms with Crippen molar-refractivity contribution in [3.8, 4) is 11.8 Å². The molecule has 0 saturated carbocycles. The van der Waals surface area contributed by atoms with E-state index in [0.717, 1.165) is 11.1 Å². The molecule has 0 bridgehead atoms. The number of hydrogen-bond acceptors (Lipinski definition) is 10. The van der Waals surface area contributed by atoms with Crippen molar-refractivity contribution in [3.05, 3.63) is 22.2 Å². The van der Waals surface area contributed by atoms with E-state index in [2.05, 4.69) is 73.1 Å². The van der Waals surface area contributed by atoms with E-state index in [4.69, 9.17) is 14.6 Å². The highest BCUT2D eigenvalue weighted by molar-refractivity contribution is 7.39. The summed E-state index contributed by atoms with van der Waals surface area (Å²) in [5.41, 5.74) is 1.06. The Kier molecular flexibility index (Phi) is 24.3. The van der Waals surface area contributed by atoms with Crippen molar-refractivity contribution in [2.75, 3.05) is 32.8 Å². The van der Waals surface area contributed by atoms with Crippen LogP contribution in [0.5, 0.6) is 0 Å². The molecule has 3 amide bonds. The second-order valence-corrected chi connectivity index (χ2v) is 15.9. The Bertz CT molecular complexity index is 1240. The summed E-state index contributed by atoms with van der Waals surface area (Å²) in [6.07, 6.45) is 7.13. The van der Waals surface area contributed by atoms with Gasteiger partial charge in [-0.2, -0.15) is 5.06 Å². The van der Waals surface area contributed by atoms with Crippen molar-refractivity contribution in [1.29, 1.82) is 0 Å². The molecule has 3 N–H and O–H groups in total. The van der Waals surface area contributed by atoms with E-state index in [9.17, 15) is 14.4 Å². The molecule has 4 rings (SSSR count). The van der Waals surface area contributed by atoms with E-state index in [1.807, 2.05) is 27.7 Å². The number of hydroxylamine groups is 2. The number of nitrogens with zero attached hydrogens (tertiary/aromatic N) is 4. The largest absolute Gasteiger partial charge is 0.350 e. The molecule has 51 heavy (non-hydrogen) atoms. The lowest BCUT2D eigenvalue weighted by Crippen LogP contribution is -2.69. The molecular weight excluding hydrogens is 689 g/mol. The molecule has 0 radical (unpaired) electrons. The van der Waals surface area contributed by atoms with Gasteiger partial charge in [0.15, 0.2) is 12.3 Å². The first kappa shape index (κ1) is 48.6. The van der Waals surface area contributed by atoms with Gasteiger partial charge in [0.2, 0.25) is 5.91 Å². The number of piperidine rings is 1. The average Bonchev–Trinajstić information content (AvgIpc) is 3.51. The summed E-state index contributed by atoms with van der Waals surface area (Å²) in [6.45, 7) is 24.1. The van der Waals surface area contributed by atoms with E-state index >= 15 is 0 Å². The Morgan fingerprint density at radius 3 is 2.33 bits per heavy atom. The fourth-order valence-corrected chi connectivity index (χ4v) is 5.74. The van der Waals surface area contributed by atoms with Crippen LogP contribution in [0.1, 0.15) is 126 Å². The Morgan fingerprint density at radius 2 is 1.78 bits per heavy atom. The van der Waals surface area contributed by atoms with E-state index in [-0.39, 0.29) is 44.9 Å². The van der Waals surface area contributed by atoms with Gasteiger partial charge in [-0.3, -0.25) is 19.2 Å². The van der Waals surface area contributed by atoms with Crippen LogP contribution in [-0.4, -0.2) is 98.5 Å². The van der Waals surface area contributed by atoms with Crippen molar-refractivity contribution < 1.29 is 33.5 Å². The minimum atomic E-state index is -2.34. The van der Waals surface area contributed by atoms with Crippen LogP contribution in [0.15, 0.2) is 11.5 Å². The molecule has 3 aliphatic heterocycles. The third kappa shape index (κ3) is 20.4. The Balaban J connectivity index is 0.00000122. The highest BCUT2D eigenvalue weighted by atomic mass is 32.1. The molecule has 1 aromatic heterocycles. The normalized spacial score (nSPS) is 19.0. The maximum absolute atomic E-state index is 12.9. The lowest BCUT2D eigenvalue weighted by Gasteiger charge is -2.47. The first-order chi connectivity index (χ1) is 23.5. The van der Waals surface area contributed by atoms with E-state index in [1.165, 1.54) is 54.7 Å². The summed E-state index contributed by atoms with van der Waals surface area (Å²) < 4.78 is 4.67. The maximum atomic E-state index is 12.9. The van der Waals surface area contributed by atoms with Gasteiger partial charge < -0.3 is 29.4 Å². The van der Waals surface area contributed by atoms with Crippen LogP contribution in [0.2, 0.25) is 0 Å². The number of amides is 3. The fraction of sp³-hybridized carbons (Fsp3) is 0.730. The zero-order valence-corrected chi connectivity index (χ0v) is 33.6. The molecule has 2 atom stereocenters. The lowest BCUT2D eigenvalue weighted by atomic mass is 10.0. The Labute approximate surface area is 313 Å². The van der Waals surface area contributed by atoms with Gasteiger partial charge in [-0.25, -0.2) is 4.98 Å². The van der Waals surface area contributed by atoms with Crippen molar-refractivity contribution in [2.45, 2.75) is 134 Å². The molecule has 292 valence electrons. The molecule has 1 aromatic rings. The van der Waals surface area contributed by atoms with Crippen LogP contribution >= 0.6 is 19.9 Å². The number of hydrogen-bond donors (Lipinski definition) is 3. The molecule has 3 fully saturated rings. The van der Waals surface area contributed by atoms with Crippen molar-refractivity contribution >= 4 is 43.7 Å². The van der Waals surface area contributed by atoms with Crippen LogP contribution in [0.3, 0.4) is 0 Å². The molecule has 0 spiro atoms. The first-order valence-electron chi connectivity index (χ1n) is 17.8. The summed E-state index contributed by atoms with van der Waals surface area (Å²) in [5.74, 6) is 5.00. The van der Waals surface area contributed by atoms with Gasteiger partial charge in [0.1, 0.15) is 17.2 Å². The molecule has 3 aliphatic rings. The number of likely N-dealkylation sites (tertiary alicyclic amines) is 1. The number of piperazine rings is 1. The summed E-state index contributed by atoms with van der Waals surface area (Å²) in [7, 11) is -2.34. The van der Waals surface area contributed by atoms with Crippen molar-refractivity contribution in [3.63, 3.8) is 0 Å². The number of aromatic nitrogens is 1. The van der Waals surface area contributed by atoms with Gasteiger partial charge in [-0.15, -0.1) is 11.3 Å². The summed E-state index contributed by atoms with van der Waals surface area (Å²) in [5, 5.41) is 6.17. The molecular formula is C37H66N5O7PS. The lowest BCUT2D eigenvalue weighted by molar-refractivity contribution is -0.264. The third-order valence-corrected chi connectivity index (χ3v) is 8.23. The molecule has 4 heterocycles. The second-order valence-electron chi connectivity index (χ2n) is 14.2. The molecule has 0 aliphatic carbocycles. The minimum Gasteiger partial charge on any atom is -0.350 e. The van der Waals surface area contributed by atoms with Crippen LogP contribution in [-0.2, 0) is 23.7 Å². The number of fused-ring (bicyclic) bond motifs is 1. The minimum absolute atomic E-state index is 0. The maximum Gasteiger partial charge on any atom is 0.327 e. The van der Waals surface area contributed by atoms with E-state index in [0.29, 0.717) is 35.4 Å². The number of carbonyl (C=O) groups is 3. The highest BCUT2D eigenvalue weighted by Crippen LogP contribution is 2.25. The number of nitrogens with one attached hydrogen (secondary N) is 1. The van der Waals surface area contributed by atoms with Gasteiger partial charge >= 0.3 is 8.60 Å². The number of unbranched alkanes of at least 4 members (excludes halogenated alkanes) is 1. The van der Waals surface area contributed by atoms with Crippen LogP contribution in [0.4, 0.5) is 0 Å². The molecule has 2 unspecified atom stereocenters. The number of thiazole rings is 1. The summed E-state index contributed by atoms with van der Waals surface area (Å²) >= 11 is 1.32. The number of carbonyl (C=O) groups excluding carboxylic acids is 3. The summed E-state index contributed by atoms with van der Waals surface area (Å²) in [6, 6.07) is 0.769. The first-order valence-corrected chi connectivity index (χ1v) is 19.8. The topological polar surface area (TPSA) is 145 Å². The highest BCUT2D eigenvalue weighted by Gasteiger charge is 2.46. The van der Waals surface area contributed by atoms with E-state index in [1.54, 1.807) is 11.5 Å². The zero-order valence-electron chi connectivity index (χ0n) is 31.9. The van der Waals surface area contributed by atoms with E-state index < -0.39 is 26.8 Å². The van der Waals surface area contributed by atoms with Gasteiger partial charge in [0.05, 0.1) is 13.2 Å². The molecule has 12 nitrogen and oxygen atoms in total. The van der Waals surface area contributed by atoms with Gasteiger partial charge in [-0.05, 0) is 75.9 Å². The molecule has 3 saturated heterocycles. The molecule has 14 heteroatoms. The van der Waals surface area contributed by atoms with Crippen molar-refractivity contribution in [1.82, 2.24) is 25.2 Å².